The minimum absolute atomic E-state index is 0.191. The average molecular weight is 433 g/mol. The van der Waals surface area contributed by atoms with Crippen LogP contribution in [-0.4, -0.2) is 29.9 Å². The van der Waals surface area contributed by atoms with Gasteiger partial charge >= 0.3 is 0 Å². The maximum absolute atomic E-state index is 13.2. The molecule has 3 aromatic carbocycles. The number of methoxy groups -OCH3 is 2. The number of aromatic nitrogens is 2. The van der Waals surface area contributed by atoms with Crippen molar-refractivity contribution in [2.24, 2.45) is 0 Å². The zero-order valence-corrected chi connectivity index (χ0v) is 18.1. The number of carbonyl (C=O) groups excluding carboxylic acids is 1. The van der Waals surface area contributed by atoms with E-state index in [9.17, 15) is 9.18 Å². The SMILES string of the molecule is COc1ccc([C@H](C)NC(=O)c2ccc3cnn(Cc4ccc(F)cc4)c3c2)cc1OC. The van der Waals surface area contributed by atoms with Gasteiger partial charge in [0.15, 0.2) is 11.5 Å². The van der Waals surface area contributed by atoms with Gasteiger partial charge in [-0.2, -0.15) is 5.10 Å². The molecule has 0 spiro atoms. The molecule has 1 N–H and O–H groups in total. The highest BCUT2D eigenvalue weighted by Gasteiger charge is 2.15. The summed E-state index contributed by atoms with van der Waals surface area (Å²) in [6.07, 6.45) is 1.76. The van der Waals surface area contributed by atoms with Gasteiger partial charge in [0.2, 0.25) is 0 Å². The zero-order valence-electron chi connectivity index (χ0n) is 18.1. The van der Waals surface area contributed by atoms with Gasteiger partial charge in [-0.15, -0.1) is 0 Å². The number of carbonyl (C=O) groups is 1. The average Bonchev–Trinajstić information content (AvgIpc) is 3.21. The Morgan fingerprint density at radius 3 is 2.50 bits per heavy atom. The molecule has 1 amide bonds. The number of hydrogen-bond donors (Lipinski definition) is 1. The molecule has 0 bridgehead atoms. The van der Waals surface area contributed by atoms with Gasteiger partial charge in [0.1, 0.15) is 5.82 Å². The molecule has 7 heteroatoms. The van der Waals surface area contributed by atoms with Crippen molar-refractivity contribution in [2.45, 2.75) is 19.5 Å². The van der Waals surface area contributed by atoms with Crippen LogP contribution in [0.15, 0.2) is 66.9 Å². The Labute approximate surface area is 185 Å². The molecular weight excluding hydrogens is 409 g/mol. The van der Waals surface area contributed by atoms with E-state index in [1.54, 1.807) is 43.3 Å². The number of amides is 1. The normalized spacial score (nSPS) is 11.9. The molecule has 6 nitrogen and oxygen atoms in total. The van der Waals surface area contributed by atoms with E-state index in [-0.39, 0.29) is 17.8 Å². The number of ether oxygens (including phenoxy) is 2. The van der Waals surface area contributed by atoms with E-state index in [4.69, 9.17) is 9.47 Å². The van der Waals surface area contributed by atoms with Crippen LogP contribution in [0.2, 0.25) is 0 Å². The number of benzene rings is 3. The summed E-state index contributed by atoms with van der Waals surface area (Å²) in [5.74, 6) is 0.775. The quantitative estimate of drug-likeness (QED) is 0.458. The molecule has 0 fully saturated rings. The topological polar surface area (TPSA) is 65.4 Å². The maximum atomic E-state index is 13.2. The summed E-state index contributed by atoms with van der Waals surface area (Å²) < 4.78 is 25.6. The Kier molecular flexibility index (Phi) is 6.07. The van der Waals surface area contributed by atoms with Crippen molar-refractivity contribution in [3.05, 3.63) is 89.4 Å². The molecule has 0 radical (unpaired) electrons. The van der Waals surface area contributed by atoms with Gasteiger partial charge in [-0.05, 0) is 54.4 Å². The van der Waals surface area contributed by atoms with Gasteiger partial charge in [-0.1, -0.05) is 24.3 Å². The van der Waals surface area contributed by atoms with Crippen LogP contribution in [0.4, 0.5) is 4.39 Å². The standard InChI is InChI=1S/C25H24FN3O3/c1-16(18-8-11-23(31-2)24(13-18)32-3)28-25(30)19-6-7-20-14-27-29(22(20)12-19)15-17-4-9-21(26)10-5-17/h4-14,16H,15H2,1-3H3,(H,28,30)/t16-/m0/s1. The van der Waals surface area contributed by atoms with Crippen LogP contribution in [0, 0.1) is 5.82 Å². The molecule has 1 heterocycles. The highest BCUT2D eigenvalue weighted by molar-refractivity contribution is 5.98. The van der Waals surface area contributed by atoms with Gasteiger partial charge in [-0.25, -0.2) is 4.39 Å². The van der Waals surface area contributed by atoms with Gasteiger partial charge in [0.25, 0.3) is 5.91 Å². The van der Waals surface area contributed by atoms with Crippen molar-refractivity contribution < 1.29 is 18.7 Å². The fourth-order valence-electron chi connectivity index (χ4n) is 3.59. The number of nitrogens with one attached hydrogen (secondary N) is 1. The Morgan fingerprint density at radius 1 is 1.03 bits per heavy atom. The molecule has 4 rings (SSSR count). The molecule has 164 valence electrons. The summed E-state index contributed by atoms with van der Waals surface area (Å²) >= 11 is 0. The van der Waals surface area contributed by atoms with E-state index in [0.29, 0.717) is 23.6 Å². The molecule has 1 aromatic heterocycles. The molecule has 4 aromatic rings. The molecule has 1 atom stereocenters. The van der Waals surface area contributed by atoms with Crippen molar-refractivity contribution in [3.8, 4) is 11.5 Å². The molecule has 0 aliphatic heterocycles. The molecule has 0 saturated heterocycles. The van der Waals surface area contributed by atoms with Crippen molar-refractivity contribution in [1.29, 1.82) is 0 Å². The third-order valence-electron chi connectivity index (χ3n) is 5.41. The highest BCUT2D eigenvalue weighted by Crippen LogP contribution is 2.30. The Hall–Kier alpha value is -3.87. The van der Waals surface area contributed by atoms with Gasteiger partial charge in [0.05, 0.1) is 38.5 Å². The number of nitrogens with zero attached hydrogens (tertiary/aromatic N) is 2. The second-order valence-corrected chi connectivity index (χ2v) is 7.51. The zero-order chi connectivity index (χ0) is 22.7. The summed E-state index contributed by atoms with van der Waals surface area (Å²) in [5, 5.41) is 8.38. The lowest BCUT2D eigenvalue weighted by Gasteiger charge is -2.17. The Balaban J connectivity index is 1.54. The van der Waals surface area contributed by atoms with E-state index < -0.39 is 0 Å². The number of fused-ring (bicyclic) bond motifs is 1. The first-order valence-electron chi connectivity index (χ1n) is 10.2. The summed E-state index contributed by atoms with van der Waals surface area (Å²) in [4.78, 5) is 12.9. The minimum Gasteiger partial charge on any atom is -0.493 e. The molecule has 0 aliphatic carbocycles. The van der Waals surface area contributed by atoms with E-state index in [2.05, 4.69) is 10.4 Å². The number of rotatable bonds is 7. The van der Waals surface area contributed by atoms with Crippen molar-refractivity contribution >= 4 is 16.8 Å². The predicted molar refractivity (Wildman–Crippen MR) is 121 cm³/mol. The van der Waals surface area contributed by atoms with Crippen LogP contribution in [-0.2, 0) is 6.54 Å². The monoisotopic (exact) mass is 433 g/mol. The fraction of sp³-hybridized carbons (Fsp3) is 0.200. The lowest BCUT2D eigenvalue weighted by atomic mass is 10.1. The lowest BCUT2D eigenvalue weighted by Crippen LogP contribution is -2.26. The second-order valence-electron chi connectivity index (χ2n) is 7.51. The summed E-state index contributed by atoms with van der Waals surface area (Å²) in [6.45, 7) is 2.40. The van der Waals surface area contributed by atoms with E-state index >= 15 is 0 Å². The third kappa shape index (κ3) is 4.42. The van der Waals surface area contributed by atoms with Crippen LogP contribution < -0.4 is 14.8 Å². The second kappa shape index (κ2) is 9.09. The van der Waals surface area contributed by atoms with Gasteiger partial charge < -0.3 is 14.8 Å². The molecule has 0 unspecified atom stereocenters. The van der Waals surface area contributed by atoms with Gasteiger partial charge in [0, 0.05) is 10.9 Å². The predicted octanol–water partition coefficient (Wildman–Crippen LogP) is 4.73. The van der Waals surface area contributed by atoms with E-state index in [0.717, 1.165) is 22.0 Å². The van der Waals surface area contributed by atoms with Crippen LogP contribution in [0.5, 0.6) is 11.5 Å². The lowest BCUT2D eigenvalue weighted by molar-refractivity contribution is 0.0940. The fourth-order valence-corrected chi connectivity index (χ4v) is 3.59. The first-order valence-corrected chi connectivity index (χ1v) is 10.2. The van der Waals surface area contributed by atoms with Crippen LogP contribution in [0.3, 0.4) is 0 Å². The van der Waals surface area contributed by atoms with E-state index in [1.165, 1.54) is 12.1 Å². The van der Waals surface area contributed by atoms with Crippen LogP contribution in [0.25, 0.3) is 10.9 Å². The number of halogens is 1. The van der Waals surface area contributed by atoms with Crippen molar-refractivity contribution in [1.82, 2.24) is 15.1 Å². The summed E-state index contributed by atoms with van der Waals surface area (Å²) in [5.41, 5.74) is 3.19. The Morgan fingerprint density at radius 2 is 1.78 bits per heavy atom. The molecular formula is C25H24FN3O3. The first-order chi connectivity index (χ1) is 15.5. The largest absolute Gasteiger partial charge is 0.493 e. The van der Waals surface area contributed by atoms with Gasteiger partial charge in [-0.3, -0.25) is 9.48 Å². The Bertz CT molecular complexity index is 1250. The van der Waals surface area contributed by atoms with Crippen molar-refractivity contribution in [2.75, 3.05) is 14.2 Å². The van der Waals surface area contributed by atoms with Crippen LogP contribution >= 0.6 is 0 Å². The van der Waals surface area contributed by atoms with Crippen LogP contribution in [0.1, 0.15) is 34.5 Å². The minimum atomic E-state index is -0.276. The summed E-state index contributed by atoms with van der Waals surface area (Å²) in [7, 11) is 3.16. The third-order valence-corrected chi connectivity index (χ3v) is 5.41. The molecule has 32 heavy (non-hydrogen) atoms. The highest BCUT2D eigenvalue weighted by atomic mass is 19.1. The summed E-state index contributed by atoms with van der Waals surface area (Å²) in [6, 6.07) is 17.1. The number of hydrogen-bond acceptors (Lipinski definition) is 4. The smallest absolute Gasteiger partial charge is 0.251 e. The molecule has 0 aliphatic rings. The molecule has 0 saturated carbocycles. The maximum Gasteiger partial charge on any atom is 0.251 e. The van der Waals surface area contributed by atoms with E-state index in [1.807, 2.05) is 37.3 Å². The first kappa shape index (κ1) is 21.4. The van der Waals surface area contributed by atoms with Crippen molar-refractivity contribution in [3.63, 3.8) is 0 Å².